The second-order valence-corrected chi connectivity index (χ2v) is 6.77. The molecule has 1 aromatic carbocycles. The predicted molar refractivity (Wildman–Crippen MR) is 107 cm³/mol. The van der Waals surface area contributed by atoms with Gasteiger partial charge in [-0.3, -0.25) is 4.79 Å². The summed E-state index contributed by atoms with van der Waals surface area (Å²) in [5.74, 6) is 0.714. The molecule has 2 heterocycles. The van der Waals surface area contributed by atoms with Crippen LogP contribution in [0, 0.1) is 0 Å². The molecule has 1 saturated heterocycles. The molecule has 0 spiro atoms. The average Bonchev–Trinajstić information content (AvgIpc) is 2.74. The molecule has 2 N–H and O–H groups in total. The second-order valence-electron chi connectivity index (χ2n) is 6.37. The first kappa shape index (κ1) is 19.9. The van der Waals surface area contributed by atoms with E-state index in [9.17, 15) is 9.59 Å². The summed E-state index contributed by atoms with van der Waals surface area (Å²) in [5, 5.41) is 6.05. The molecule has 3 amide bonds. The van der Waals surface area contributed by atoms with Gasteiger partial charge in [0.05, 0.1) is 0 Å². The van der Waals surface area contributed by atoms with Gasteiger partial charge in [-0.25, -0.2) is 14.8 Å². The smallest absolute Gasteiger partial charge is 0.315 e. The average molecular weight is 403 g/mol. The molecule has 0 unspecified atom stereocenters. The van der Waals surface area contributed by atoms with E-state index in [1.165, 1.54) is 0 Å². The Hall–Kier alpha value is -2.87. The van der Waals surface area contributed by atoms with Crippen molar-refractivity contribution in [2.24, 2.45) is 0 Å². The number of nitrogens with zero attached hydrogens (tertiary/aromatic N) is 4. The Balaban J connectivity index is 1.33. The predicted octanol–water partition coefficient (Wildman–Crippen LogP) is 1.67. The minimum absolute atomic E-state index is 0.0278. The molecule has 8 nitrogen and oxygen atoms in total. The molecule has 0 bridgehead atoms. The third kappa shape index (κ3) is 5.56. The summed E-state index contributed by atoms with van der Waals surface area (Å²) in [7, 11) is 0. The van der Waals surface area contributed by atoms with Gasteiger partial charge in [0.15, 0.2) is 0 Å². The number of carbonyl (C=O) groups excluding carboxylic acids is 2. The van der Waals surface area contributed by atoms with E-state index >= 15 is 0 Å². The Bertz CT molecular complexity index is 796. The summed E-state index contributed by atoms with van der Waals surface area (Å²) in [5.41, 5.74) is 0.843. The maximum Gasteiger partial charge on any atom is 0.315 e. The van der Waals surface area contributed by atoms with E-state index in [1.54, 1.807) is 24.5 Å². The third-order valence-corrected chi connectivity index (χ3v) is 4.86. The van der Waals surface area contributed by atoms with Gasteiger partial charge in [0.2, 0.25) is 11.9 Å². The van der Waals surface area contributed by atoms with E-state index in [1.807, 2.05) is 23.1 Å². The van der Waals surface area contributed by atoms with Crippen LogP contribution in [0.4, 0.5) is 10.7 Å². The molecule has 9 heteroatoms. The molecule has 148 valence electrons. The van der Waals surface area contributed by atoms with E-state index < -0.39 is 0 Å². The number of hydrogen-bond donors (Lipinski definition) is 2. The lowest BCUT2D eigenvalue weighted by Gasteiger charge is -2.34. The molecule has 0 saturated carbocycles. The van der Waals surface area contributed by atoms with Crippen LogP contribution in [0.2, 0.25) is 5.02 Å². The number of carbonyl (C=O) groups is 2. The fraction of sp³-hybridized carbons (Fsp3) is 0.368. The minimum atomic E-state index is -0.321. The summed E-state index contributed by atoms with van der Waals surface area (Å²) in [4.78, 5) is 36.5. The van der Waals surface area contributed by atoms with Gasteiger partial charge in [-0.15, -0.1) is 0 Å². The van der Waals surface area contributed by atoms with E-state index in [0.717, 1.165) is 5.56 Å². The second kappa shape index (κ2) is 9.89. The Morgan fingerprint density at radius 2 is 1.71 bits per heavy atom. The number of halogens is 1. The van der Waals surface area contributed by atoms with Crippen molar-refractivity contribution in [3.8, 4) is 0 Å². The fourth-order valence-electron chi connectivity index (χ4n) is 2.93. The first-order valence-corrected chi connectivity index (χ1v) is 9.56. The van der Waals surface area contributed by atoms with Crippen molar-refractivity contribution in [1.29, 1.82) is 0 Å². The molecule has 2 aromatic rings. The lowest BCUT2D eigenvalue weighted by atomic mass is 10.2. The highest BCUT2D eigenvalue weighted by Gasteiger charge is 2.22. The third-order valence-electron chi connectivity index (χ3n) is 4.49. The molecule has 1 fully saturated rings. The molecule has 0 atom stereocenters. The molecule has 0 aliphatic carbocycles. The Labute approximate surface area is 168 Å². The zero-order chi connectivity index (χ0) is 19.8. The quantitative estimate of drug-likeness (QED) is 0.767. The summed E-state index contributed by atoms with van der Waals surface area (Å²) in [6.45, 7) is 3.26. The van der Waals surface area contributed by atoms with Crippen LogP contribution in [0.25, 0.3) is 0 Å². The summed E-state index contributed by atoms with van der Waals surface area (Å²) < 4.78 is 0. The van der Waals surface area contributed by atoms with Crippen molar-refractivity contribution in [2.45, 2.75) is 13.0 Å². The lowest BCUT2D eigenvalue weighted by molar-refractivity contribution is -0.131. The van der Waals surface area contributed by atoms with Crippen molar-refractivity contribution in [1.82, 2.24) is 25.5 Å². The number of nitrogens with one attached hydrogen (secondary N) is 2. The number of amides is 3. The Morgan fingerprint density at radius 3 is 2.43 bits per heavy atom. The zero-order valence-corrected chi connectivity index (χ0v) is 16.2. The largest absolute Gasteiger partial charge is 0.339 e. The normalized spacial score (nSPS) is 13.9. The molecule has 1 aromatic heterocycles. The molecule has 3 rings (SSSR count). The van der Waals surface area contributed by atoms with Crippen LogP contribution in [0.1, 0.15) is 12.0 Å². The topological polar surface area (TPSA) is 90.5 Å². The van der Waals surface area contributed by atoms with Crippen LogP contribution >= 0.6 is 11.6 Å². The molecular formula is C19H23ClN6O2. The number of piperazine rings is 1. The molecule has 0 radical (unpaired) electrons. The minimum Gasteiger partial charge on any atom is -0.339 e. The zero-order valence-electron chi connectivity index (χ0n) is 15.5. The summed E-state index contributed by atoms with van der Waals surface area (Å²) in [6, 6.07) is 8.79. The van der Waals surface area contributed by atoms with Gasteiger partial charge in [-0.2, -0.15) is 0 Å². The highest BCUT2D eigenvalue weighted by molar-refractivity contribution is 6.31. The fourth-order valence-corrected chi connectivity index (χ4v) is 3.13. The van der Waals surface area contributed by atoms with Gasteiger partial charge in [-0.05, 0) is 17.7 Å². The van der Waals surface area contributed by atoms with E-state index in [-0.39, 0.29) is 24.9 Å². The van der Waals surface area contributed by atoms with Gasteiger partial charge >= 0.3 is 6.03 Å². The molecule has 1 aliphatic rings. The lowest BCUT2D eigenvalue weighted by Crippen LogP contribution is -2.49. The van der Waals surface area contributed by atoms with Crippen molar-refractivity contribution >= 4 is 29.5 Å². The Morgan fingerprint density at radius 1 is 1.00 bits per heavy atom. The maximum atomic E-state index is 12.3. The highest BCUT2D eigenvalue weighted by atomic mass is 35.5. The first-order chi connectivity index (χ1) is 13.6. The van der Waals surface area contributed by atoms with E-state index in [2.05, 4.69) is 25.5 Å². The first-order valence-electron chi connectivity index (χ1n) is 9.18. The number of aromatic nitrogens is 2. The monoisotopic (exact) mass is 402 g/mol. The van der Waals surface area contributed by atoms with Gasteiger partial charge in [0.25, 0.3) is 0 Å². The number of urea groups is 1. The van der Waals surface area contributed by atoms with Crippen LogP contribution in [-0.2, 0) is 11.3 Å². The van der Waals surface area contributed by atoms with Gasteiger partial charge < -0.3 is 20.4 Å². The highest BCUT2D eigenvalue weighted by Crippen LogP contribution is 2.14. The standard InChI is InChI=1S/C19H23ClN6O2/c20-16-5-2-1-4-15(16)14-24-19(28)23-9-6-17(27)25-10-12-26(13-11-25)18-21-7-3-8-22-18/h1-5,7-8H,6,9-14H2,(H2,23,24,28). The number of rotatable bonds is 6. The van der Waals surface area contributed by atoms with Gasteiger partial charge in [0, 0.05) is 63.1 Å². The maximum absolute atomic E-state index is 12.3. The van der Waals surface area contributed by atoms with Crippen molar-refractivity contribution < 1.29 is 9.59 Å². The van der Waals surface area contributed by atoms with E-state index in [4.69, 9.17) is 11.6 Å². The van der Waals surface area contributed by atoms with Crippen molar-refractivity contribution in [3.05, 3.63) is 53.3 Å². The summed E-state index contributed by atoms with van der Waals surface area (Å²) >= 11 is 6.06. The van der Waals surface area contributed by atoms with Gasteiger partial charge in [-0.1, -0.05) is 29.8 Å². The van der Waals surface area contributed by atoms with Crippen molar-refractivity contribution in [2.75, 3.05) is 37.6 Å². The number of benzene rings is 1. The Kier molecular flexibility index (Phi) is 7.02. The van der Waals surface area contributed by atoms with Crippen LogP contribution in [0.3, 0.4) is 0 Å². The molecule has 1 aliphatic heterocycles. The van der Waals surface area contributed by atoms with Crippen LogP contribution < -0.4 is 15.5 Å². The van der Waals surface area contributed by atoms with E-state index in [0.29, 0.717) is 43.7 Å². The SMILES string of the molecule is O=C(NCCC(=O)N1CCN(c2ncccn2)CC1)NCc1ccccc1Cl. The molecule has 28 heavy (non-hydrogen) atoms. The van der Waals surface area contributed by atoms with Crippen LogP contribution in [0.5, 0.6) is 0 Å². The summed E-state index contributed by atoms with van der Waals surface area (Å²) in [6.07, 6.45) is 3.69. The molecular weight excluding hydrogens is 380 g/mol. The van der Waals surface area contributed by atoms with Crippen molar-refractivity contribution in [3.63, 3.8) is 0 Å². The number of hydrogen-bond acceptors (Lipinski definition) is 5. The van der Waals surface area contributed by atoms with Crippen LogP contribution in [0.15, 0.2) is 42.7 Å². The van der Waals surface area contributed by atoms with Crippen LogP contribution in [-0.4, -0.2) is 59.5 Å². The van der Waals surface area contributed by atoms with Gasteiger partial charge in [0.1, 0.15) is 0 Å². The number of anilines is 1.